The quantitative estimate of drug-likeness (QED) is 0.319. The van der Waals surface area contributed by atoms with Gasteiger partial charge in [-0.05, 0) is 67.7 Å². The van der Waals surface area contributed by atoms with Crippen molar-refractivity contribution in [2.24, 2.45) is 0 Å². The van der Waals surface area contributed by atoms with Crippen LogP contribution in [0.1, 0.15) is 29.7 Å². The Hall–Kier alpha value is -4.34. The molecule has 2 heterocycles. The van der Waals surface area contributed by atoms with E-state index in [1.807, 2.05) is 37.3 Å². The third-order valence-electron chi connectivity index (χ3n) is 4.39. The highest BCUT2D eigenvalue weighted by molar-refractivity contribution is 5.91. The zero-order valence-electron chi connectivity index (χ0n) is 18.7. The topological polar surface area (TPSA) is 161 Å². The first-order valence-electron chi connectivity index (χ1n) is 10.5. The van der Waals surface area contributed by atoms with Crippen molar-refractivity contribution in [1.29, 1.82) is 0 Å². The van der Waals surface area contributed by atoms with Crippen LogP contribution >= 0.6 is 0 Å². The molecule has 0 atom stereocenters. The molecular weight excluding hydrogens is 442 g/mol. The molecule has 1 aromatic carbocycles. The number of carbonyl (C=O) groups excluding carboxylic acids is 1. The monoisotopic (exact) mass is 469 g/mol. The van der Waals surface area contributed by atoms with Crippen molar-refractivity contribution in [1.82, 2.24) is 10.3 Å². The number of ether oxygens (including phenoxy) is 2. The second-order valence-electron chi connectivity index (χ2n) is 7.26. The normalized spacial score (nSPS) is 11.8. The fraction of sp³-hybridized carbons (Fsp3) is 0.250. The highest BCUT2D eigenvalue weighted by Crippen LogP contribution is 2.32. The highest BCUT2D eigenvalue weighted by Gasteiger charge is 2.12. The van der Waals surface area contributed by atoms with Gasteiger partial charge in [-0.25, -0.2) is 14.6 Å². The summed E-state index contributed by atoms with van der Waals surface area (Å²) in [6.45, 7) is 2.88. The number of nitrogen functional groups attached to an aromatic ring is 1. The first-order valence-corrected chi connectivity index (χ1v) is 10.5. The number of aromatic nitrogens is 1. The maximum atomic E-state index is 11.9. The third-order valence-corrected chi connectivity index (χ3v) is 4.39. The van der Waals surface area contributed by atoms with Crippen LogP contribution in [0.15, 0.2) is 48.6 Å². The number of aryl methyl sites for hydroxylation is 2. The Kier molecular flexibility index (Phi) is 10.1. The number of amides is 1. The lowest BCUT2D eigenvalue weighted by Gasteiger charge is -2.05. The predicted octanol–water partition coefficient (Wildman–Crippen LogP) is 2.57. The summed E-state index contributed by atoms with van der Waals surface area (Å²) >= 11 is 0. The molecule has 180 valence electrons. The molecule has 1 aliphatic heterocycles. The smallest absolute Gasteiger partial charge is 0.328 e. The highest BCUT2D eigenvalue weighted by atomic mass is 16.7. The number of carboxylic acids is 2. The van der Waals surface area contributed by atoms with Crippen LogP contribution in [0.4, 0.5) is 5.82 Å². The molecule has 1 aliphatic rings. The summed E-state index contributed by atoms with van der Waals surface area (Å²) in [6, 6.07) is 9.48. The number of pyridine rings is 1. The zero-order valence-corrected chi connectivity index (χ0v) is 18.7. The fourth-order valence-electron chi connectivity index (χ4n) is 2.93. The zero-order chi connectivity index (χ0) is 24.9. The van der Waals surface area contributed by atoms with Gasteiger partial charge in [0.1, 0.15) is 5.82 Å². The lowest BCUT2D eigenvalue weighted by molar-refractivity contribution is -0.134. The van der Waals surface area contributed by atoms with Crippen molar-refractivity contribution in [2.75, 3.05) is 19.1 Å². The molecule has 5 N–H and O–H groups in total. The number of hydrogen-bond acceptors (Lipinski definition) is 7. The van der Waals surface area contributed by atoms with Crippen LogP contribution in [0.5, 0.6) is 11.5 Å². The van der Waals surface area contributed by atoms with Gasteiger partial charge in [0.05, 0.1) is 0 Å². The van der Waals surface area contributed by atoms with E-state index in [2.05, 4.69) is 10.3 Å². The van der Waals surface area contributed by atoms with E-state index >= 15 is 0 Å². The summed E-state index contributed by atoms with van der Waals surface area (Å²) in [5.74, 6) is -0.628. The number of unbranched alkanes of at least 4 members (excludes halogenated alkanes) is 1. The second-order valence-corrected chi connectivity index (χ2v) is 7.26. The maximum Gasteiger partial charge on any atom is 0.328 e. The number of carbonyl (C=O) groups is 3. The van der Waals surface area contributed by atoms with Gasteiger partial charge < -0.3 is 30.7 Å². The SMILES string of the molecule is Cc1cc(N)nc(CCCCNC(=O)/C=C/c2ccc3c(c2)OCO3)c1.O=C(O)/C=C/C(=O)O. The molecule has 2 aromatic rings. The Morgan fingerprint density at radius 2 is 1.74 bits per heavy atom. The second kappa shape index (κ2) is 13.3. The molecule has 0 aliphatic carbocycles. The molecule has 0 saturated heterocycles. The van der Waals surface area contributed by atoms with E-state index in [1.165, 1.54) is 6.08 Å². The van der Waals surface area contributed by atoms with E-state index in [9.17, 15) is 14.4 Å². The van der Waals surface area contributed by atoms with Gasteiger partial charge in [-0.15, -0.1) is 0 Å². The molecule has 3 rings (SSSR count). The van der Waals surface area contributed by atoms with Gasteiger partial charge in [-0.1, -0.05) is 6.07 Å². The number of aliphatic carboxylic acids is 2. The number of anilines is 1. The number of hydrogen-bond donors (Lipinski definition) is 4. The molecule has 1 aromatic heterocycles. The minimum Gasteiger partial charge on any atom is -0.478 e. The van der Waals surface area contributed by atoms with E-state index in [1.54, 1.807) is 6.08 Å². The Bertz CT molecular complexity index is 1040. The molecule has 0 saturated carbocycles. The van der Waals surface area contributed by atoms with Crippen LogP contribution in [-0.2, 0) is 20.8 Å². The lowest BCUT2D eigenvalue weighted by Crippen LogP contribution is -2.22. The fourth-order valence-corrected chi connectivity index (χ4v) is 2.93. The Morgan fingerprint density at radius 1 is 1.03 bits per heavy atom. The van der Waals surface area contributed by atoms with E-state index in [4.69, 9.17) is 25.4 Å². The summed E-state index contributed by atoms with van der Waals surface area (Å²) in [4.78, 5) is 35.3. The van der Waals surface area contributed by atoms with Crippen LogP contribution in [0.3, 0.4) is 0 Å². The molecule has 34 heavy (non-hydrogen) atoms. The van der Waals surface area contributed by atoms with Crippen molar-refractivity contribution in [3.63, 3.8) is 0 Å². The first-order chi connectivity index (χ1) is 16.2. The first kappa shape index (κ1) is 25.9. The Labute approximate surface area is 196 Å². The number of carboxylic acid groups (broad SMARTS) is 2. The standard InChI is InChI=1S/C20H23N3O3.C4H4O4/c1-14-10-16(23-19(21)11-14)4-2-3-9-22-20(24)8-6-15-5-7-17-18(12-15)26-13-25-17;5-3(6)1-2-4(7)8/h5-8,10-12H,2-4,9,13H2,1H3,(H2,21,23)(H,22,24);1-2H,(H,5,6)(H,7,8)/b8-6+;2-1+. The van der Waals surface area contributed by atoms with Crippen LogP contribution in [0.2, 0.25) is 0 Å². The van der Waals surface area contributed by atoms with Gasteiger partial charge in [0.25, 0.3) is 0 Å². The average molecular weight is 469 g/mol. The van der Waals surface area contributed by atoms with Crippen LogP contribution < -0.4 is 20.5 Å². The number of fused-ring (bicyclic) bond motifs is 1. The number of rotatable bonds is 9. The number of nitrogens with zero attached hydrogens (tertiary/aromatic N) is 1. The maximum absolute atomic E-state index is 11.9. The van der Waals surface area contributed by atoms with E-state index in [-0.39, 0.29) is 12.7 Å². The Balaban J connectivity index is 0.000000440. The van der Waals surface area contributed by atoms with Gasteiger partial charge in [0.2, 0.25) is 12.7 Å². The van der Waals surface area contributed by atoms with Crippen LogP contribution in [-0.4, -0.2) is 46.4 Å². The average Bonchev–Trinajstić information content (AvgIpc) is 3.24. The minimum atomic E-state index is -1.26. The van der Waals surface area contributed by atoms with E-state index < -0.39 is 11.9 Å². The molecule has 0 bridgehead atoms. The van der Waals surface area contributed by atoms with E-state index in [0.717, 1.165) is 41.8 Å². The van der Waals surface area contributed by atoms with Gasteiger partial charge in [0.15, 0.2) is 11.5 Å². The molecule has 0 spiro atoms. The van der Waals surface area contributed by atoms with Crippen LogP contribution in [0, 0.1) is 6.92 Å². The number of nitrogens with two attached hydrogens (primary N) is 1. The molecule has 0 fully saturated rings. The molecule has 0 unspecified atom stereocenters. The number of benzene rings is 1. The summed E-state index contributed by atoms with van der Waals surface area (Å²) in [5, 5.41) is 18.5. The number of nitrogens with one attached hydrogen (secondary N) is 1. The molecule has 0 radical (unpaired) electrons. The van der Waals surface area contributed by atoms with Crippen LogP contribution in [0.25, 0.3) is 6.08 Å². The molecule has 10 nitrogen and oxygen atoms in total. The van der Waals surface area contributed by atoms with Gasteiger partial charge >= 0.3 is 11.9 Å². The molecular formula is C24H27N3O7. The summed E-state index contributed by atoms with van der Waals surface area (Å²) in [5.41, 5.74) is 8.76. The predicted molar refractivity (Wildman–Crippen MR) is 125 cm³/mol. The van der Waals surface area contributed by atoms with Gasteiger partial charge in [0, 0.05) is 30.5 Å². The summed E-state index contributed by atoms with van der Waals surface area (Å²) in [6.07, 6.45) is 7.09. The minimum absolute atomic E-state index is 0.111. The van der Waals surface area contributed by atoms with Crippen molar-refractivity contribution in [2.45, 2.75) is 26.2 Å². The molecule has 1 amide bonds. The van der Waals surface area contributed by atoms with Gasteiger partial charge in [-0.3, -0.25) is 4.79 Å². The van der Waals surface area contributed by atoms with Crippen molar-refractivity contribution in [3.8, 4) is 11.5 Å². The lowest BCUT2D eigenvalue weighted by atomic mass is 10.1. The van der Waals surface area contributed by atoms with Crippen molar-refractivity contribution < 1.29 is 34.1 Å². The van der Waals surface area contributed by atoms with E-state index in [0.29, 0.717) is 30.3 Å². The largest absolute Gasteiger partial charge is 0.478 e. The molecule has 10 heteroatoms. The van der Waals surface area contributed by atoms with Crippen molar-refractivity contribution >= 4 is 29.7 Å². The van der Waals surface area contributed by atoms with Crippen molar-refractivity contribution in [3.05, 3.63) is 65.4 Å². The summed E-state index contributed by atoms with van der Waals surface area (Å²) < 4.78 is 10.6. The third kappa shape index (κ3) is 9.86. The van der Waals surface area contributed by atoms with Gasteiger partial charge in [-0.2, -0.15) is 0 Å². The summed E-state index contributed by atoms with van der Waals surface area (Å²) in [7, 11) is 0. The Morgan fingerprint density at radius 3 is 2.41 bits per heavy atom.